The molecule has 0 saturated carbocycles. The fraction of sp³-hybridized carbons (Fsp3) is 0.278. The van der Waals surface area contributed by atoms with Crippen LogP contribution in [-0.4, -0.2) is 19.6 Å². The van der Waals surface area contributed by atoms with Crippen LogP contribution >= 0.6 is 15.9 Å². The maximum Gasteiger partial charge on any atom is 0.255 e. The molecule has 23 heavy (non-hydrogen) atoms. The van der Waals surface area contributed by atoms with E-state index in [1.54, 1.807) is 7.11 Å². The topological polar surface area (TPSA) is 41.6 Å². The molecule has 2 heterocycles. The number of aryl methyl sites for hydroxylation is 1. The third kappa shape index (κ3) is 2.30. The van der Waals surface area contributed by atoms with E-state index in [0.717, 1.165) is 46.4 Å². The number of benzene rings is 2. The molecule has 0 bridgehead atoms. The lowest BCUT2D eigenvalue weighted by Gasteiger charge is -2.43. The third-order valence-corrected chi connectivity index (χ3v) is 5.19. The Labute approximate surface area is 143 Å². The minimum Gasteiger partial charge on any atom is -0.496 e. The van der Waals surface area contributed by atoms with Gasteiger partial charge in [-0.3, -0.25) is 4.79 Å². The fourth-order valence-electron chi connectivity index (χ4n) is 3.52. The van der Waals surface area contributed by atoms with Crippen molar-refractivity contribution in [3.8, 4) is 5.75 Å². The van der Waals surface area contributed by atoms with Gasteiger partial charge in [-0.25, -0.2) is 0 Å². The van der Waals surface area contributed by atoms with E-state index in [9.17, 15) is 4.79 Å². The highest BCUT2D eigenvalue weighted by molar-refractivity contribution is 9.10. The second-order valence-corrected chi connectivity index (χ2v) is 6.73. The van der Waals surface area contributed by atoms with Gasteiger partial charge in [0.15, 0.2) is 0 Å². The van der Waals surface area contributed by atoms with Gasteiger partial charge in [-0.05, 0) is 58.1 Å². The lowest BCUT2D eigenvalue weighted by molar-refractivity contribution is 0.0925. The zero-order valence-electron chi connectivity index (χ0n) is 12.8. The summed E-state index contributed by atoms with van der Waals surface area (Å²) in [5.41, 5.74) is 4.19. The summed E-state index contributed by atoms with van der Waals surface area (Å²) in [6.45, 7) is 0.943. The quantitative estimate of drug-likeness (QED) is 0.874. The highest BCUT2D eigenvalue weighted by atomic mass is 79.9. The van der Waals surface area contributed by atoms with Crippen LogP contribution in [0.15, 0.2) is 40.9 Å². The van der Waals surface area contributed by atoms with E-state index >= 15 is 0 Å². The Morgan fingerprint density at radius 1 is 1.30 bits per heavy atom. The summed E-state index contributed by atoms with van der Waals surface area (Å²) < 4.78 is 6.19. The van der Waals surface area contributed by atoms with Gasteiger partial charge in [-0.2, -0.15) is 0 Å². The number of carbonyl (C=O) groups excluding carboxylic acids is 1. The molecule has 2 aliphatic rings. The van der Waals surface area contributed by atoms with Crippen LogP contribution in [0, 0.1) is 0 Å². The van der Waals surface area contributed by atoms with Crippen LogP contribution in [0.25, 0.3) is 0 Å². The van der Waals surface area contributed by atoms with Gasteiger partial charge in [0.05, 0.1) is 22.8 Å². The zero-order chi connectivity index (χ0) is 16.0. The summed E-state index contributed by atoms with van der Waals surface area (Å²) >= 11 is 3.53. The lowest BCUT2D eigenvalue weighted by Crippen LogP contribution is -2.48. The molecule has 0 saturated heterocycles. The van der Waals surface area contributed by atoms with Crippen LogP contribution in [0.1, 0.15) is 34.1 Å². The number of hydrogen-bond donors (Lipinski definition) is 1. The number of nitrogens with zero attached hydrogens (tertiary/aromatic N) is 1. The van der Waals surface area contributed by atoms with Crippen molar-refractivity contribution >= 4 is 27.5 Å². The first-order valence-electron chi connectivity index (χ1n) is 7.72. The standard InChI is InChI=1S/C18H17BrN2O2/c1-23-15-8-7-12(10-14(15)19)17-20-18(22)13-6-2-4-11-5-3-9-21(17)16(11)13/h2,4,6-8,10,17H,3,5,9H2,1H3,(H,20,22)/t17-/m0/s1. The molecular formula is C18H17BrN2O2. The predicted octanol–water partition coefficient (Wildman–Crippen LogP) is 3.65. The first kappa shape index (κ1) is 14.6. The zero-order valence-corrected chi connectivity index (χ0v) is 14.4. The predicted molar refractivity (Wildman–Crippen MR) is 93.0 cm³/mol. The molecule has 0 radical (unpaired) electrons. The van der Waals surface area contributed by atoms with Crippen LogP contribution in [0.3, 0.4) is 0 Å². The summed E-state index contributed by atoms with van der Waals surface area (Å²) in [6, 6.07) is 12.0. The minimum atomic E-state index is -0.140. The average molecular weight is 373 g/mol. The van der Waals surface area contributed by atoms with Gasteiger partial charge < -0.3 is 15.0 Å². The van der Waals surface area contributed by atoms with Crippen molar-refractivity contribution in [2.24, 2.45) is 0 Å². The molecule has 1 N–H and O–H groups in total. The Morgan fingerprint density at radius 3 is 2.96 bits per heavy atom. The van der Waals surface area contributed by atoms with Crippen molar-refractivity contribution in [3.05, 3.63) is 57.6 Å². The van der Waals surface area contributed by atoms with E-state index in [1.165, 1.54) is 5.56 Å². The maximum absolute atomic E-state index is 12.5. The van der Waals surface area contributed by atoms with Gasteiger partial charge in [0.25, 0.3) is 5.91 Å². The Bertz CT molecular complexity index is 791. The van der Waals surface area contributed by atoms with Gasteiger partial charge in [0.2, 0.25) is 0 Å². The summed E-state index contributed by atoms with van der Waals surface area (Å²) in [5, 5.41) is 3.14. The Kier molecular flexibility index (Phi) is 3.53. The van der Waals surface area contributed by atoms with Crippen molar-refractivity contribution in [2.75, 3.05) is 18.6 Å². The Balaban J connectivity index is 1.81. The molecule has 2 aromatic rings. The molecule has 0 unspecified atom stereocenters. The SMILES string of the molecule is COc1ccc([C@H]2NC(=O)c3cccc4c3N2CCC4)cc1Br. The highest BCUT2D eigenvalue weighted by Crippen LogP contribution is 2.40. The van der Waals surface area contributed by atoms with E-state index in [-0.39, 0.29) is 12.1 Å². The van der Waals surface area contributed by atoms with Crippen molar-refractivity contribution < 1.29 is 9.53 Å². The van der Waals surface area contributed by atoms with E-state index in [4.69, 9.17) is 4.74 Å². The number of methoxy groups -OCH3 is 1. The molecule has 2 aromatic carbocycles. The van der Waals surface area contributed by atoms with E-state index in [0.29, 0.717) is 0 Å². The molecule has 118 valence electrons. The summed E-state index contributed by atoms with van der Waals surface area (Å²) in [4.78, 5) is 14.9. The van der Waals surface area contributed by atoms with E-state index < -0.39 is 0 Å². The molecule has 4 rings (SSSR count). The van der Waals surface area contributed by atoms with Crippen molar-refractivity contribution in [1.29, 1.82) is 0 Å². The highest BCUT2D eigenvalue weighted by Gasteiger charge is 2.35. The number of halogens is 1. The summed E-state index contributed by atoms with van der Waals surface area (Å²) in [6.07, 6.45) is 1.99. The fourth-order valence-corrected chi connectivity index (χ4v) is 4.08. The molecule has 5 heteroatoms. The van der Waals surface area contributed by atoms with Crippen LogP contribution in [0.5, 0.6) is 5.75 Å². The monoisotopic (exact) mass is 372 g/mol. The van der Waals surface area contributed by atoms with Gasteiger partial charge in [0, 0.05) is 6.54 Å². The van der Waals surface area contributed by atoms with E-state index in [1.807, 2.05) is 30.3 Å². The van der Waals surface area contributed by atoms with Crippen molar-refractivity contribution in [3.63, 3.8) is 0 Å². The molecule has 0 aliphatic carbocycles. The second-order valence-electron chi connectivity index (χ2n) is 5.88. The summed E-state index contributed by atoms with van der Waals surface area (Å²) in [7, 11) is 1.65. The van der Waals surface area contributed by atoms with Crippen LogP contribution in [-0.2, 0) is 6.42 Å². The second kappa shape index (κ2) is 5.57. The molecular weight excluding hydrogens is 356 g/mol. The molecule has 0 spiro atoms. The number of anilines is 1. The number of nitrogens with one attached hydrogen (secondary N) is 1. The van der Waals surface area contributed by atoms with Crippen molar-refractivity contribution in [1.82, 2.24) is 5.32 Å². The number of amides is 1. The van der Waals surface area contributed by atoms with Crippen molar-refractivity contribution in [2.45, 2.75) is 19.0 Å². The maximum atomic E-state index is 12.5. The Morgan fingerprint density at radius 2 is 2.17 bits per heavy atom. The van der Waals surface area contributed by atoms with Gasteiger partial charge in [-0.1, -0.05) is 18.2 Å². The number of para-hydroxylation sites is 1. The normalized spacial score (nSPS) is 19.1. The largest absolute Gasteiger partial charge is 0.496 e. The average Bonchev–Trinajstić information content (AvgIpc) is 2.58. The van der Waals surface area contributed by atoms with Crippen LogP contribution in [0.4, 0.5) is 5.69 Å². The molecule has 0 fully saturated rings. The van der Waals surface area contributed by atoms with Crippen LogP contribution in [0.2, 0.25) is 0 Å². The van der Waals surface area contributed by atoms with Gasteiger partial charge in [0.1, 0.15) is 11.9 Å². The first-order valence-corrected chi connectivity index (χ1v) is 8.51. The number of rotatable bonds is 2. The Hall–Kier alpha value is -2.01. The number of ether oxygens (including phenoxy) is 1. The third-order valence-electron chi connectivity index (χ3n) is 4.57. The summed E-state index contributed by atoms with van der Waals surface area (Å²) in [5.74, 6) is 0.785. The molecule has 1 amide bonds. The van der Waals surface area contributed by atoms with Gasteiger partial charge >= 0.3 is 0 Å². The molecule has 0 aromatic heterocycles. The lowest BCUT2D eigenvalue weighted by atomic mass is 9.93. The van der Waals surface area contributed by atoms with Crippen LogP contribution < -0.4 is 15.0 Å². The number of carbonyl (C=O) groups is 1. The molecule has 1 atom stereocenters. The molecule has 4 nitrogen and oxygen atoms in total. The smallest absolute Gasteiger partial charge is 0.255 e. The molecule has 2 aliphatic heterocycles. The minimum absolute atomic E-state index is 0.00283. The first-order chi connectivity index (χ1) is 11.2. The van der Waals surface area contributed by atoms with Gasteiger partial charge in [-0.15, -0.1) is 0 Å². The van der Waals surface area contributed by atoms with E-state index in [2.05, 4.69) is 32.2 Å². The number of hydrogen-bond acceptors (Lipinski definition) is 3.